The van der Waals surface area contributed by atoms with Crippen LogP contribution in [0.4, 0.5) is 0 Å². The number of hydrogen-bond acceptors (Lipinski definition) is 5. The molecule has 2 rings (SSSR count). The monoisotopic (exact) mass is 331 g/mol. The minimum atomic E-state index is -0.689. The quantitative estimate of drug-likeness (QED) is 0.730. The summed E-state index contributed by atoms with van der Waals surface area (Å²) in [6, 6.07) is 7.84. The van der Waals surface area contributed by atoms with Gasteiger partial charge in [-0.2, -0.15) is 0 Å². The Morgan fingerprint density at radius 1 is 1.25 bits per heavy atom. The summed E-state index contributed by atoms with van der Waals surface area (Å²) in [6.07, 6.45) is 0.640. The maximum absolute atomic E-state index is 9.63. The fraction of sp³-hybridized carbons (Fsp3) is 0.429. The number of aliphatic hydroxyl groups is 2. The Kier molecular flexibility index (Phi) is 5.60. The summed E-state index contributed by atoms with van der Waals surface area (Å²) in [6.45, 7) is 1.73. The molecule has 3 N–H and O–H groups in total. The normalized spacial score (nSPS) is 13.6. The van der Waals surface area contributed by atoms with Gasteiger partial charge in [0.2, 0.25) is 0 Å². The zero-order valence-corrected chi connectivity index (χ0v) is 13.6. The number of halogens is 1. The maximum atomic E-state index is 9.63. The molecule has 0 saturated heterocycles. The van der Waals surface area contributed by atoms with Gasteiger partial charge in [-0.05, 0) is 30.0 Å². The zero-order valence-electron chi connectivity index (χ0n) is 11.2. The van der Waals surface area contributed by atoms with Gasteiger partial charge in [-0.15, -0.1) is 22.7 Å². The molecule has 1 unspecified atom stereocenters. The average molecular weight is 332 g/mol. The van der Waals surface area contributed by atoms with E-state index in [4.69, 9.17) is 11.6 Å². The Labute approximate surface area is 131 Å². The fourth-order valence-corrected chi connectivity index (χ4v) is 3.99. The van der Waals surface area contributed by atoms with E-state index in [-0.39, 0.29) is 19.3 Å². The van der Waals surface area contributed by atoms with E-state index in [1.807, 2.05) is 36.6 Å². The third-order valence-electron chi connectivity index (χ3n) is 3.44. The largest absolute Gasteiger partial charge is 0.394 e. The van der Waals surface area contributed by atoms with Crippen molar-refractivity contribution in [1.29, 1.82) is 0 Å². The summed E-state index contributed by atoms with van der Waals surface area (Å²) in [5.74, 6) is 0. The Balaban J connectivity index is 2.33. The lowest BCUT2D eigenvalue weighted by molar-refractivity contribution is 0.0819. The molecule has 0 spiro atoms. The SMILES string of the molecule is CCC(CO)(CO)NC(c1cccs1)c1ccc(Cl)s1. The third kappa shape index (κ3) is 3.42. The second-order valence-electron chi connectivity index (χ2n) is 4.68. The van der Waals surface area contributed by atoms with E-state index in [1.165, 1.54) is 11.3 Å². The molecule has 20 heavy (non-hydrogen) atoms. The van der Waals surface area contributed by atoms with E-state index in [2.05, 4.69) is 5.32 Å². The smallest absolute Gasteiger partial charge is 0.0931 e. The highest BCUT2D eigenvalue weighted by molar-refractivity contribution is 7.16. The molecule has 0 aromatic carbocycles. The van der Waals surface area contributed by atoms with Crippen LogP contribution < -0.4 is 5.32 Å². The van der Waals surface area contributed by atoms with Gasteiger partial charge < -0.3 is 10.2 Å². The number of hydrogen-bond donors (Lipinski definition) is 3. The highest BCUT2D eigenvalue weighted by Gasteiger charge is 2.31. The molecule has 3 nitrogen and oxygen atoms in total. The van der Waals surface area contributed by atoms with E-state index in [0.29, 0.717) is 6.42 Å². The molecular weight excluding hydrogens is 314 g/mol. The van der Waals surface area contributed by atoms with Gasteiger partial charge in [0.1, 0.15) is 0 Å². The molecule has 0 fully saturated rings. The second kappa shape index (κ2) is 7.02. The van der Waals surface area contributed by atoms with Gasteiger partial charge >= 0.3 is 0 Å². The summed E-state index contributed by atoms with van der Waals surface area (Å²) >= 11 is 9.19. The number of rotatable bonds is 7. The van der Waals surface area contributed by atoms with Gasteiger partial charge in [-0.3, -0.25) is 5.32 Å². The lowest BCUT2D eigenvalue weighted by atomic mass is 9.96. The van der Waals surface area contributed by atoms with Crippen LogP contribution in [0.1, 0.15) is 29.1 Å². The van der Waals surface area contributed by atoms with Gasteiger partial charge in [0.15, 0.2) is 0 Å². The van der Waals surface area contributed by atoms with Crippen molar-refractivity contribution < 1.29 is 10.2 Å². The second-order valence-corrected chi connectivity index (χ2v) is 7.41. The van der Waals surface area contributed by atoms with Crippen LogP contribution >= 0.6 is 34.3 Å². The van der Waals surface area contributed by atoms with Gasteiger partial charge in [-0.1, -0.05) is 24.6 Å². The molecule has 2 aromatic rings. The molecule has 0 aliphatic heterocycles. The third-order valence-corrected chi connectivity index (χ3v) is 5.67. The van der Waals surface area contributed by atoms with E-state index >= 15 is 0 Å². The topological polar surface area (TPSA) is 52.5 Å². The molecule has 0 bridgehead atoms. The zero-order chi connectivity index (χ0) is 14.6. The predicted molar refractivity (Wildman–Crippen MR) is 85.8 cm³/mol. The molecule has 1 atom stereocenters. The summed E-state index contributed by atoms with van der Waals surface area (Å²) in [7, 11) is 0. The molecule has 0 aliphatic carbocycles. The molecular formula is C14H18ClNO2S2. The van der Waals surface area contributed by atoms with Crippen molar-refractivity contribution in [1.82, 2.24) is 5.32 Å². The summed E-state index contributed by atoms with van der Waals surface area (Å²) in [5, 5.41) is 24.7. The summed E-state index contributed by atoms with van der Waals surface area (Å²) in [5.41, 5.74) is -0.689. The van der Waals surface area contributed by atoms with Crippen molar-refractivity contribution in [3.63, 3.8) is 0 Å². The Bertz CT molecular complexity index is 515. The van der Waals surface area contributed by atoms with E-state index < -0.39 is 5.54 Å². The molecule has 2 heterocycles. The lowest BCUT2D eigenvalue weighted by Crippen LogP contribution is -2.52. The van der Waals surface area contributed by atoms with Crippen LogP contribution in [0.3, 0.4) is 0 Å². The minimum absolute atomic E-state index is 0.0632. The maximum Gasteiger partial charge on any atom is 0.0931 e. The van der Waals surface area contributed by atoms with Crippen LogP contribution in [-0.2, 0) is 0 Å². The van der Waals surface area contributed by atoms with Gasteiger partial charge in [0.05, 0.1) is 29.1 Å². The Morgan fingerprint density at radius 2 is 2.00 bits per heavy atom. The lowest BCUT2D eigenvalue weighted by Gasteiger charge is -2.34. The van der Waals surface area contributed by atoms with Gasteiger partial charge in [0.25, 0.3) is 0 Å². The van der Waals surface area contributed by atoms with Crippen molar-refractivity contribution in [2.75, 3.05) is 13.2 Å². The molecule has 0 aliphatic rings. The van der Waals surface area contributed by atoms with Crippen LogP contribution in [0, 0.1) is 0 Å². The van der Waals surface area contributed by atoms with Crippen molar-refractivity contribution in [3.05, 3.63) is 43.7 Å². The molecule has 0 saturated carbocycles. The van der Waals surface area contributed by atoms with E-state index in [1.54, 1.807) is 11.3 Å². The highest BCUT2D eigenvalue weighted by Crippen LogP contribution is 2.34. The van der Waals surface area contributed by atoms with Crippen LogP contribution in [0.15, 0.2) is 29.6 Å². The highest BCUT2D eigenvalue weighted by atomic mass is 35.5. The molecule has 2 aromatic heterocycles. The van der Waals surface area contributed by atoms with Gasteiger partial charge in [0, 0.05) is 9.75 Å². The van der Waals surface area contributed by atoms with Crippen molar-refractivity contribution in [2.45, 2.75) is 24.9 Å². The standard InChI is InChI=1S/C14H18ClNO2S2/c1-2-14(8-17,9-18)16-13(10-4-3-7-19-10)11-5-6-12(15)20-11/h3-7,13,16-18H,2,8-9H2,1H3. The number of aliphatic hydroxyl groups excluding tert-OH is 2. The molecule has 0 amide bonds. The number of thiophene rings is 2. The van der Waals surface area contributed by atoms with Crippen LogP contribution in [0.5, 0.6) is 0 Å². The van der Waals surface area contributed by atoms with Crippen molar-refractivity contribution in [3.8, 4) is 0 Å². The Hall–Kier alpha value is -0.430. The molecule has 0 radical (unpaired) electrons. The van der Waals surface area contributed by atoms with Crippen LogP contribution in [0.25, 0.3) is 0 Å². The molecule has 6 heteroatoms. The first-order valence-electron chi connectivity index (χ1n) is 6.42. The number of nitrogens with one attached hydrogen (secondary N) is 1. The van der Waals surface area contributed by atoms with Crippen LogP contribution in [0.2, 0.25) is 4.34 Å². The average Bonchev–Trinajstić information content (AvgIpc) is 3.13. The van der Waals surface area contributed by atoms with E-state index in [9.17, 15) is 10.2 Å². The first kappa shape index (κ1) is 15.9. The fourth-order valence-electron chi connectivity index (χ4n) is 1.99. The van der Waals surface area contributed by atoms with Crippen molar-refractivity contribution in [2.24, 2.45) is 0 Å². The summed E-state index contributed by atoms with van der Waals surface area (Å²) in [4.78, 5) is 2.22. The first-order valence-corrected chi connectivity index (χ1v) is 8.49. The molecule has 110 valence electrons. The first-order chi connectivity index (χ1) is 9.64. The van der Waals surface area contributed by atoms with Crippen LogP contribution in [-0.4, -0.2) is 29.0 Å². The van der Waals surface area contributed by atoms with Gasteiger partial charge in [-0.25, -0.2) is 0 Å². The van der Waals surface area contributed by atoms with E-state index in [0.717, 1.165) is 14.1 Å². The predicted octanol–water partition coefficient (Wildman–Crippen LogP) is 3.28. The summed E-state index contributed by atoms with van der Waals surface area (Å²) < 4.78 is 0.735. The van der Waals surface area contributed by atoms with Crippen molar-refractivity contribution >= 4 is 34.3 Å². The minimum Gasteiger partial charge on any atom is -0.394 e. The Morgan fingerprint density at radius 3 is 2.45 bits per heavy atom.